The normalized spacial score (nSPS) is 14.7. The number of hydrogen-bond acceptors (Lipinski definition) is 9. The number of aliphatic hydroxyl groups excluding tert-OH is 1. The van der Waals surface area contributed by atoms with Crippen LogP contribution in [0.1, 0.15) is 149 Å². The maximum absolute atomic E-state index is 12.5. The molecule has 0 aliphatic carbocycles. The van der Waals surface area contributed by atoms with E-state index in [-0.39, 0.29) is 38.7 Å². The van der Waals surface area contributed by atoms with E-state index in [4.69, 9.17) is 24.3 Å². The number of phosphoric ester groups is 1. The molecule has 0 heterocycles. The first-order chi connectivity index (χ1) is 26.2. The van der Waals surface area contributed by atoms with E-state index in [2.05, 4.69) is 67.7 Å². The van der Waals surface area contributed by atoms with Gasteiger partial charge in [0.25, 0.3) is 0 Å². The summed E-state index contributed by atoms with van der Waals surface area (Å²) < 4.78 is 32.6. The summed E-state index contributed by atoms with van der Waals surface area (Å²) in [5, 5.41) is 9.55. The van der Waals surface area contributed by atoms with Crippen LogP contribution in [0.15, 0.2) is 72.9 Å². The maximum Gasteiger partial charge on any atom is 0.472 e. The monoisotopic (exact) mass is 780 g/mol. The first-order valence-electron chi connectivity index (χ1n) is 20.5. The minimum Gasteiger partial charge on any atom is -0.462 e. The molecule has 0 rings (SSSR count). The number of ether oxygens (including phenoxy) is 2. The lowest BCUT2D eigenvalue weighted by molar-refractivity contribution is -0.161. The van der Waals surface area contributed by atoms with Gasteiger partial charge in [-0.05, 0) is 89.9 Å². The van der Waals surface area contributed by atoms with Crippen LogP contribution in [-0.2, 0) is 32.7 Å². The highest BCUT2D eigenvalue weighted by Crippen LogP contribution is 2.43. The van der Waals surface area contributed by atoms with E-state index < -0.39 is 32.5 Å². The summed E-state index contributed by atoms with van der Waals surface area (Å²) in [5.41, 5.74) is 5.33. The molecule has 0 aliphatic heterocycles. The van der Waals surface area contributed by atoms with E-state index in [0.29, 0.717) is 19.3 Å². The largest absolute Gasteiger partial charge is 0.472 e. The lowest BCUT2D eigenvalue weighted by atomic mass is 10.1. The summed E-state index contributed by atoms with van der Waals surface area (Å²) in [4.78, 5) is 34.8. The van der Waals surface area contributed by atoms with Crippen molar-refractivity contribution in [1.82, 2.24) is 0 Å². The zero-order valence-corrected chi connectivity index (χ0v) is 34.4. The Morgan fingerprint density at radius 3 is 1.70 bits per heavy atom. The molecule has 11 heteroatoms. The van der Waals surface area contributed by atoms with Gasteiger partial charge in [0, 0.05) is 19.4 Å². The van der Waals surface area contributed by atoms with Crippen molar-refractivity contribution < 1.29 is 42.7 Å². The smallest absolute Gasteiger partial charge is 0.462 e. The fraction of sp³-hybridized carbons (Fsp3) is 0.674. The number of carbonyl (C=O) groups excluding carboxylic acids is 2. The van der Waals surface area contributed by atoms with Crippen molar-refractivity contribution >= 4 is 19.8 Å². The van der Waals surface area contributed by atoms with Crippen LogP contribution >= 0.6 is 7.82 Å². The molecule has 1 unspecified atom stereocenters. The number of carbonyl (C=O) groups is 2. The molecular weight excluding hydrogens is 705 g/mol. The molecular formula is C43H74NO9P. The van der Waals surface area contributed by atoms with Crippen LogP contribution in [-0.4, -0.2) is 60.5 Å². The van der Waals surface area contributed by atoms with Gasteiger partial charge in [0.15, 0.2) is 6.10 Å². The van der Waals surface area contributed by atoms with Gasteiger partial charge in [-0.3, -0.25) is 18.6 Å². The van der Waals surface area contributed by atoms with E-state index in [0.717, 1.165) is 77.0 Å². The second kappa shape index (κ2) is 38.7. The molecule has 310 valence electrons. The van der Waals surface area contributed by atoms with Gasteiger partial charge in [0.1, 0.15) is 6.61 Å². The van der Waals surface area contributed by atoms with Gasteiger partial charge in [-0.25, -0.2) is 4.57 Å². The lowest BCUT2D eigenvalue weighted by Crippen LogP contribution is -2.29. The second-order valence-corrected chi connectivity index (χ2v) is 14.7. The van der Waals surface area contributed by atoms with Crippen LogP contribution in [0.5, 0.6) is 0 Å². The summed E-state index contributed by atoms with van der Waals surface area (Å²) in [6.07, 6.45) is 43.1. The van der Waals surface area contributed by atoms with Crippen molar-refractivity contribution in [3.05, 3.63) is 72.9 Å². The predicted octanol–water partition coefficient (Wildman–Crippen LogP) is 10.5. The number of rotatable bonds is 37. The minimum absolute atomic E-state index is 0.0333. The number of aliphatic hydroxyl groups is 1. The Hall–Kier alpha value is -2.59. The number of esters is 2. The number of hydrogen-bond donors (Lipinski definition) is 3. The van der Waals surface area contributed by atoms with Crippen molar-refractivity contribution in [2.24, 2.45) is 5.73 Å². The first-order valence-corrected chi connectivity index (χ1v) is 22.0. The van der Waals surface area contributed by atoms with Crippen LogP contribution in [0.4, 0.5) is 0 Å². The molecule has 0 fully saturated rings. The Labute approximate surface area is 327 Å². The van der Waals surface area contributed by atoms with Gasteiger partial charge >= 0.3 is 19.8 Å². The van der Waals surface area contributed by atoms with Crippen molar-refractivity contribution in [1.29, 1.82) is 0 Å². The standard InChI is InChI=1S/C43H74NO9P/c1-3-5-6-7-8-9-10-11-12-16-19-22-25-28-31-34-42(46)50-38-41(39-52-54(48,49)51-37-36-44)53-43(47)35-32-29-26-23-20-17-14-13-15-18-21-24-27-30-33-40(45)4-2/h8-9,11-12,14-15,17-18,23-24,26-27,40-41,45H,3-7,10,13,16,19-22,25,28-39,44H2,1-2H3,(H,48,49)/b9-8-,12-11-,17-14-,18-15-,26-23-,27-24-/t40-,41-/m1/s1. The van der Waals surface area contributed by atoms with Gasteiger partial charge < -0.3 is 25.2 Å². The third kappa shape index (κ3) is 37.7. The molecule has 0 saturated heterocycles. The molecule has 0 amide bonds. The van der Waals surface area contributed by atoms with Crippen LogP contribution < -0.4 is 5.73 Å². The topological polar surface area (TPSA) is 155 Å². The number of phosphoric acid groups is 1. The molecule has 3 atom stereocenters. The van der Waals surface area contributed by atoms with Gasteiger partial charge in [0.2, 0.25) is 0 Å². The summed E-state index contributed by atoms with van der Waals surface area (Å²) in [6.45, 7) is 3.31. The second-order valence-electron chi connectivity index (χ2n) is 13.3. The van der Waals surface area contributed by atoms with E-state index in [1.165, 1.54) is 25.7 Å². The van der Waals surface area contributed by atoms with Gasteiger partial charge in [-0.2, -0.15) is 0 Å². The highest BCUT2D eigenvalue weighted by Gasteiger charge is 2.25. The Morgan fingerprint density at radius 2 is 1.13 bits per heavy atom. The molecule has 0 radical (unpaired) electrons. The highest BCUT2D eigenvalue weighted by molar-refractivity contribution is 7.47. The van der Waals surface area contributed by atoms with Crippen LogP contribution in [0.3, 0.4) is 0 Å². The molecule has 0 aromatic rings. The molecule has 0 aromatic carbocycles. The van der Waals surface area contributed by atoms with E-state index in [1.54, 1.807) is 0 Å². The predicted molar refractivity (Wildman–Crippen MR) is 221 cm³/mol. The Morgan fingerprint density at radius 1 is 0.630 bits per heavy atom. The zero-order valence-electron chi connectivity index (χ0n) is 33.5. The van der Waals surface area contributed by atoms with Gasteiger partial charge in [-0.15, -0.1) is 0 Å². The van der Waals surface area contributed by atoms with Crippen LogP contribution in [0.2, 0.25) is 0 Å². The Balaban J connectivity index is 4.34. The minimum atomic E-state index is -4.40. The van der Waals surface area contributed by atoms with Crippen molar-refractivity contribution in [3.8, 4) is 0 Å². The van der Waals surface area contributed by atoms with Crippen LogP contribution in [0.25, 0.3) is 0 Å². The third-order valence-electron chi connectivity index (χ3n) is 8.23. The summed E-state index contributed by atoms with van der Waals surface area (Å²) >= 11 is 0. The molecule has 0 saturated carbocycles. The van der Waals surface area contributed by atoms with Gasteiger partial charge in [-0.1, -0.05) is 119 Å². The molecule has 0 aromatic heterocycles. The summed E-state index contributed by atoms with van der Waals surface area (Å²) in [6, 6.07) is 0. The average molecular weight is 780 g/mol. The zero-order chi connectivity index (χ0) is 39.8. The summed E-state index contributed by atoms with van der Waals surface area (Å²) in [5.74, 6) is -0.937. The number of allylic oxidation sites excluding steroid dienone is 12. The van der Waals surface area contributed by atoms with E-state index in [1.807, 2.05) is 19.1 Å². The van der Waals surface area contributed by atoms with Crippen molar-refractivity contribution in [3.63, 3.8) is 0 Å². The number of unbranched alkanes of at least 4 members (excludes halogenated alkanes) is 9. The number of nitrogens with two attached hydrogens (primary N) is 1. The van der Waals surface area contributed by atoms with E-state index in [9.17, 15) is 24.2 Å². The van der Waals surface area contributed by atoms with Crippen molar-refractivity contribution in [2.45, 2.75) is 161 Å². The average Bonchev–Trinajstić information content (AvgIpc) is 3.16. The Bertz CT molecular complexity index is 1130. The fourth-order valence-corrected chi connectivity index (χ4v) is 5.75. The van der Waals surface area contributed by atoms with Gasteiger partial charge in [0.05, 0.1) is 19.3 Å². The molecule has 54 heavy (non-hydrogen) atoms. The fourth-order valence-electron chi connectivity index (χ4n) is 4.99. The maximum atomic E-state index is 12.5. The first kappa shape index (κ1) is 51.4. The Kier molecular flexibility index (Phi) is 36.8. The SMILES string of the molecule is CCCCC/C=C\C/C=C\CCCCCCCC(=O)OC[C@H](COP(=O)(O)OCCN)OC(=O)CCC/C=C\C/C=C\C/C=C\C/C=C\CC[C@H](O)CC. The molecule has 0 aliphatic rings. The molecule has 10 nitrogen and oxygen atoms in total. The highest BCUT2D eigenvalue weighted by atomic mass is 31.2. The van der Waals surface area contributed by atoms with Crippen molar-refractivity contribution in [2.75, 3.05) is 26.4 Å². The molecule has 0 spiro atoms. The third-order valence-corrected chi connectivity index (χ3v) is 9.21. The lowest BCUT2D eigenvalue weighted by Gasteiger charge is -2.19. The molecule has 4 N–H and O–H groups in total. The molecule has 0 bridgehead atoms. The van der Waals surface area contributed by atoms with Crippen LogP contribution in [0, 0.1) is 0 Å². The quantitative estimate of drug-likeness (QED) is 0.0240. The summed E-state index contributed by atoms with van der Waals surface area (Å²) in [7, 11) is -4.40. The van der Waals surface area contributed by atoms with E-state index >= 15 is 0 Å².